The number of thiophene rings is 1. The van der Waals surface area contributed by atoms with Crippen molar-refractivity contribution in [2.75, 3.05) is 11.9 Å². The molecule has 5 nitrogen and oxygen atoms in total. The van der Waals surface area contributed by atoms with Crippen molar-refractivity contribution in [3.63, 3.8) is 0 Å². The fraction of sp³-hybridized carbons (Fsp3) is 0.526. The lowest BCUT2D eigenvalue weighted by molar-refractivity contribution is -0.0411. The maximum absolute atomic E-state index is 5.96. The highest BCUT2D eigenvalue weighted by atomic mass is 32.1. The van der Waals surface area contributed by atoms with Crippen molar-refractivity contribution in [2.45, 2.75) is 59.2 Å². The van der Waals surface area contributed by atoms with Gasteiger partial charge in [0.15, 0.2) is 0 Å². The van der Waals surface area contributed by atoms with Crippen LogP contribution in [0, 0.1) is 6.92 Å². The van der Waals surface area contributed by atoms with Crippen molar-refractivity contribution in [3.05, 3.63) is 23.1 Å². The van der Waals surface area contributed by atoms with E-state index in [1.54, 1.807) is 11.3 Å². The van der Waals surface area contributed by atoms with Crippen LogP contribution in [-0.4, -0.2) is 27.1 Å². The maximum atomic E-state index is 5.96. The van der Waals surface area contributed by atoms with E-state index >= 15 is 0 Å². The third-order valence-corrected chi connectivity index (χ3v) is 5.72. The van der Waals surface area contributed by atoms with Gasteiger partial charge in [0.2, 0.25) is 0 Å². The number of ether oxygens (including phenoxy) is 1. The molecule has 0 amide bonds. The number of anilines is 1. The molecule has 25 heavy (non-hydrogen) atoms. The lowest BCUT2D eigenvalue weighted by atomic mass is 9.95. The highest BCUT2D eigenvalue weighted by molar-refractivity contribution is 7.25. The van der Waals surface area contributed by atoms with Crippen molar-refractivity contribution in [2.24, 2.45) is 0 Å². The number of unbranched alkanes of at least 4 members (excludes halogenated alkanes) is 1. The number of nitrogens with zero attached hydrogens (tertiary/aromatic N) is 3. The van der Waals surface area contributed by atoms with Crippen LogP contribution in [0.15, 0.2) is 6.07 Å². The molecule has 132 valence electrons. The van der Waals surface area contributed by atoms with Gasteiger partial charge in [0, 0.05) is 23.9 Å². The molecular weight excluding hydrogens is 332 g/mol. The van der Waals surface area contributed by atoms with Gasteiger partial charge in [0.25, 0.3) is 0 Å². The van der Waals surface area contributed by atoms with Gasteiger partial charge >= 0.3 is 0 Å². The number of aryl methyl sites for hydroxylation is 1. The van der Waals surface area contributed by atoms with Gasteiger partial charge in [-0.25, -0.2) is 15.0 Å². The van der Waals surface area contributed by atoms with Crippen LogP contribution in [0.2, 0.25) is 0 Å². The van der Waals surface area contributed by atoms with Crippen molar-refractivity contribution >= 4 is 37.6 Å². The summed E-state index contributed by atoms with van der Waals surface area (Å²) in [7, 11) is 0. The molecule has 0 aromatic carbocycles. The van der Waals surface area contributed by atoms with Gasteiger partial charge < -0.3 is 10.1 Å². The first kappa shape index (κ1) is 16.7. The molecule has 0 spiro atoms. The fourth-order valence-corrected chi connectivity index (χ4v) is 4.35. The van der Waals surface area contributed by atoms with Crippen LogP contribution in [0.3, 0.4) is 0 Å². The van der Waals surface area contributed by atoms with Gasteiger partial charge in [-0.3, -0.25) is 0 Å². The van der Waals surface area contributed by atoms with E-state index in [-0.39, 0.29) is 5.60 Å². The first-order chi connectivity index (χ1) is 12.0. The van der Waals surface area contributed by atoms with Crippen LogP contribution in [0.4, 0.5) is 5.82 Å². The molecule has 6 heteroatoms. The summed E-state index contributed by atoms with van der Waals surface area (Å²) >= 11 is 1.69. The van der Waals surface area contributed by atoms with E-state index in [0.717, 1.165) is 63.6 Å². The van der Waals surface area contributed by atoms with Crippen molar-refractivity contribution in [1.82, 2.24) is 15.0 Å². The summed E-state index contributed by atoms with van der Waals surface area (Å²) in [6.07, 6.45) is 3.14. The molecule has 4 rings (SSSR count). The summed E-state index contributed by atoms with van der Waals surface area (Å²) in [6, 6.07) is 2.22. The van der Waals surface area contributed by atoms with Gasteiger partial charge in [-0.2, -0.15) is 0 Å². The Balaban J connectivity index is 1.85. The Labute approximate surface area is 151 Å². The molecule has 3 aromatic rings. The summed E-state index contributed by atoms with van der Waals surface area (Å²) in [5.41, 5.74) is 3.20. The molecule has 0 unspecified atom stereocenters. The van der Waals surface area contributed by atoms with E-state index in [1.165, 1.54) is 5.56 Å². The first-order valence-corrected chi connectivity index (χ1v) is 9.76. The fourth-order valence-electron chi connectivity index (χ4n) is 3.27. The molecule has 0 saturated carbocycles. The second-order valence-corrected chi connectivity index (χ2v) is 8.35. The van der Waals surface area contributed by atoms with Crippen LogP contribution in [0.1, 0.15) is 50.7 Å². The predicted octanol–water partition coefficient (Wildman–Crippen LogP) is 4.61. The van der Waals surface area contributed by atoms with Crippen LogP contribution in [-0.2, 0) is 17.8 Å². The highest BCUT2D eigenvalue weighted by Gasteiger charge is 2.28. The largest absolute Gasteiger partial charge is 0.370 e. The Bertz CT molecular complexity index is 948. The number of aromatic nitrogens is 3. The minimum absolute atomic E-state index is 0.145. The van der Waals surface area contributed by atoms with E-state index < -0.39 is 0 Å². The van der Waals surface area contributed by atoms with E-state index in [2.05, 4.69) is 37.1 Å². The van der Waals surface area contributed by atoms with Crippen LogP contribution < -0.4 is 5.32 Å². The van der Waals surface area contributed by atoms with E-state index in [9.17, 15) is 0 Å². The molecular formula is C19H24N4OS. The van der Waals surface area contributed by atoms with E-state index in [1.807, 2.05) is 6.92 Å². The number of hydrogen-bond acceptors (Lipinski definition) is 6. The zero-order valence-corrected chi connectivity index (χ0v) is 16.1. The standard InChI is InChI=1S/C19H24N4OS/c1-5-6-7-20-17-16-15(21-11(2)22-17)13-8-12-10-24-19(3,4)9-14(12)23-18(13)25-16/h8H,5-7,9-10H2,1-4H3,(H,20,21,22). The first-order valence-electron chi connectivity index (χ1n) is 8.94. The Hall–Kier alpha value is -1.79. The SMILES string of the molecule is CCCCNc1nc(C)nc2c1sc1nc3c(cc12)COC(C)(C)C3. The van der Waals surface area contributed by atoms with Crippen LogP contribution in [0.5, 0.6) is 0 Å². The summed E-state index contributed by atoms with van der Waals surface area (Å²) < 4.78 is 7.06. The Morgan fingerprint density at radius 3 is 2.92 bits per heavy atom. The number of rotatable bonds is 4. The number of nitrogens with one attached hydrogen (secondary N) is 1. The van der Waals surface area contributed by atoms with Gasteiger partial charge in [-0.15, -0.1) is 11.3 Å². The average Bonchev–Trinajstić information content (AvgIpc) is 2.90. The van der Waals surface area contributed by atoms with Gasteiger partial charge in [0.05, 0.1) is 28.1 Å². The predicted molar refractivity (Wildman–Crippen MR) is 103 cm³/mol. The molecule has 3 aromatic heterocycles. The Kier molecular flexibility index (Phi) is 4.12. The molecule has 1 N–H and O–H groups in total. The van der Waals surface area contributed by atoms with Crippen LogP contribution >= 0.6 is 11.3 Å². The van der Waals surface area contributed by atoms with Crippen molar-refractivity contribution in [1.29, 1.82) is 0 Å². The zero-order valence-electron chi connectivity index (χ0n) is 15.3. The topological polar surface area (TPSA) is 59.9 Å². The van der Waals surface area contributed by atoms with Crippen molar-refractivity contribution in [3.8, 4) is 0 Å². The monoisotopic (exact) mass is 356 g/mol. The minimum Gasteiger partial charge on any atom is -0.370 e. The van der Waals surface area contributed by atoms with Crippen LogP contribution in [0.25, 0.3) is 20.4 Å². The zero-order chi connectivity index (χ0) is 17.6. The van der Waals surface area contributed by atoms with Gasteiger partial charge in [-0.1, -0.05) is 13.3 Å². The molecule has 0 radical (unpaired) electrons. The molecule has 4 heterocycles. The number of fused-ring (bicyclic) bond motifs is 4. The normalized spacial score (nSPS) is 16.3. The Morgan fingerprint density at radius 2 is 2.12 bits per heavy atom. The third kappa shape index (κ3) is 3.09. The summed E-state index contributed by atoms with van der Waals surface area (Å²) in [5, 5.41) is 4.60. The number of hydrogen-bond donors (Lipinski definition) is 1. The summed E-state index contributed by atoms with van der Waals surface area (Å²) in [5.74, 6) is 1.73. The lowest BCUT2D eigenvalue weighted by Crippen LogP contribution is -2.32. The molecule has 0 bridgehead atoms. The smallest absolute Gasteiger partial charge is 0.147 e. The summed E-state index contributed by atoms with van der Waals surface area (Å²) in [6.45, 7) is 9.94. The molecule has 1 aliphatic heterocycles. The van der Waals surface area contributed by atoms with E-state index in [0.29, 0.717) is 6.61 Å². The highest BCUT2D eigenvalue weighted by Crippen LogP contribution is 2.38. The van der Waals surface area contributed by atoms with Crippen molar-refractivity contribution < 1.29 is 4.74 Å². The van der Waals surface area contributed by atoms with Gasteiger partial charge in [-0.05, 0) is 33.3 Å². The average molecular weight is 356 g/mol. The third-order valence-electron chi connectivity index (χ3n) is 4.62. The summed E-state index contributed by atoms with van der Waals surface area (Å²) in [4.78, 5) is 15.3. The quantitative estimate of drug-likeness (QED) is 0.692. The molecule has 1 aliphatic rings. The van der Waals surface area contributed by atoms with E-state index in [4.69, 9.17) is 14.7 Å². The van der Waals surface area contributed by atoms with Gasteiger partial charge in [0.1, 0.15) is 16.5 Å². The molecule has 0 fully saturated rings. The second kappa shape index (κ2) is 6.18. The lowest BCUT2D eigenvalue weighted by Gasteiger charge is -2.30. The minimum atomic E-state index is -0.145. The Morgan fingerprint density at radius 1 is 1.28 bits per heavy atom. The second-order valence-electron chi connectivity index (χ2n) is 7.35. The molecule has 0 aliphatic carbocycles. The molecule has 0 atom stereocenters. The maximum Gasteiger partial charge on any atom is 0.147 e. The number of pyridine rings is 1. The molecule has 0 saturated heterocycles.